The normalized spacial score (nSPS) is 11.3. The fourth-order valence-electron chi connectivity index (χ4n) is 3.66. The second kappa shape index (κ2) is 7.51. The molecular weight excluding hydrogens is 362 g/mol. The minimum atomic E-state index is -0.101. The molecule has 146 valence electrons. The number of aromatic nitrogens is 3. The predicted octanol–water partition coefficient (Wildman–Crippen LogP) is 4.36. The van der Waals surface area contributed by atoms with E-state index < -0.39 is 0 Å². The number of aryl methyl sites for hydroxylation is 1. The van der Waals surface area contributed by atoms with Crippen molar-refractivity contribution in [2.24, 2.45) is 0 Å². The van der Waals surface area contributed by atoms with Crippen LogP contribution < -0.4 is 11.1 Å². The number of para-hydroxylation sites is 1. The molecule has 4 rings (SSSR count). The largest absolute Gasteiger partial charge is 0.312 e. The highest BCUT2D eigenvalue weighted by atomic mass is 16.1. The first-order valence-corrected chi connectivity index (χ1v) is 9.84. The molecule has 2 aromatic carbocycles. The molecule has 0 fully saturated rings. The molecule has 4 aromatic rings. The van der Waals surface area contributed by atoms with Crippen molar-refractivity contribution in [3.8, 4) is 16.8 Å². The molecule has 0 spiro atoms. The molecule has 2 aromatic heterocycles. The quantitative estimate of drug-likeness (QED) is 0.524. The summed E-state index contributed by atoms with van der Waals surface area (Å²) in [6.45, 7) is 5.92. The molecule has 29 heavy (non-hydrogen) atoms. The zero-order chi connectivity index (χ0) is 20.5. The summed E-state index contributed by atoms with van der Waals surface area (Å²) in [6, 6.07) is 18.6. The minimum Gasteiger partial charge on any atom is -0.312 e. The summed E-state index contributed by atoms with van der Waals surface area (Å²) in [5.74, 6) is 0.720. The fraction of sp³-hybridized carbons (Fsp3) is 0.208. The number of hydrogen-bond donors (Lipinski definition) is 0. The lowest BCUT2D eigenvalue weighted by Gasteiger charge is -2.15. The first-order chi connectivity index (χ1) is 14.0. The molecule has 0 saturated carbocycles. The third-order valence-corrected chi connectivity index (χ3v) is 5.10. The fourth-order valence-corrected chi connectivity index (χ4v) is 3.66. The molecule has 0 radical (unpaired) electrons. The molecular formula is C24H23N3O2. The molecule has 5 heteroatoms. The van der Waals surface area contributed by atoms with Crippen molar-refractivity contribution < 1.29 is 0 Å². The van der Waals surface area contributed by atoms with Crippen molar-refractivity contribution >= 4 is 10.9 Å². The van der Waals surface area contributed by atoms with Crippen molar-refractivity contribution in [3.63, 3.8) is 0 Å². The number of nitrogens with zero attached hydrogens (tertiary/aromatic N) is 3. The molecule has 0 atom stereocenters. The summed E-state index contributed by atoms with van der Waals surface area (Å²) in [5, 5.41) is 0.558. The first kappa shape index (κ1) is 18.9. The summed E-state index contributed by atoms with van der Waals surface area (Å²) in [5.41, 5.74) is 2.91. The summed E-state index contributed by atoms with van der Waals surface area (Å²) in [7, 11) is 0. The summed E-state index contributed by atoms with van der Waals surface area (Å²) >= 11 is 0. The van der Waals surface area contributed by atoms with Crippen LogP contribution in [0, 0.1) is 0 Å². The number of hydrogen-bond acceptors (Lipinski definition) is 3. The lowest BCUT2D eigenvalue weighted by Crippen LogP contribution is -2.24. The van der Waals surface area contributed by atoms with Crippen LogP contribution in [0.5, 0.6) is 0 Å². The smallest absolute Gasteiger partial charge is 0.266 e. The van der Waals surface area contributed by atoms with E-state index in [4.69, 9.17) is 4.98 Å². The number of pyridine rings is 1. The molecule has 0 unspecified atom stereocenters. The van der Waals surface area contributed by atoms with E-state index in [1.165, 1.54) is 0 Å². The Balaban J connectivity index is 2.07. The van der Waals surface area contributed by atoms with Crippen LogP contribution in [0.4, 0.5) is 0 Å². The van der Waals surface area contributed by atoms with Gasteiger partial charge in [-0.3, -0.25) is 14.2 Å². The van der Waals surface area contributed by atoms with Crippen molar-refractivity contribution in [1.29, 1.82) is 0 Å². The van der Waals surface area contributed by atoms with E-state index in [-0.39, 0.29) is 17.2 Å². The molecule has 0 aliphatic heterocycles. The Hall–Kier alpha value is -3.47. The molecule has 0 bridgehead atoms. The highest BCUT2D eigenvalue weighted by molar-refractivity contribution is 5.94. The van der Waals surface area contributed by atoms with Gasteiger partial charge in [0.15, 0.2) is 0 Å². The van der Waals surface area contributed by atoms with Crippen LogP contribution in [-0.2, 0) is 6.42 Å². The van der Waals surface area contributed by atoms with Gasteiger partial charge in [-0.2, -0.15) is 0 Å². The number of rotatable bonds is 4. The zero-order valence-electron chi connectivity index (χ0n) is 16.8. The molecule has 0 saturated heterocycles. The molecule has 0 aliphatic rings. The van der Waals surface area contributed by atoms with Gasteiger partial charge in [-0.25, -0.2) is 4.98 Å². The van der Waals surface area contributed by atoms with Gasteiger partial charge in [0.05, 0.1) is 16.6 Å². The Bertz CT molecular complexity index is 1300. The van der Waals surface area contributed by atoms with Crippen molar-refractivity contribution in [1.82, 2.24) is 14.1 Å². The molecule has 0 N–H and O–H groups in total. The van der Waals surface area contributed by atoms with Gasteiger partial charge in [0.1, 0.15) is 5.82 Å². The second-order valence-corrected chi connectivity index (χ2v) is 7.31. The number of fused-ring (bicyclic) bond motifs is 1. The lowest BCUT2D eigenvalue weighted by molar-refractivity contribution is 0.579. The van der Waals surface area contributed by atoms with Crippen molar-refractivity contribution in [2.45, 2.75) is 33.2 Å². The first-order valence-electron chi connectivity index (χ1n) is 9.84. The van der Waals surface area contributed by atoms with Crippen LogP contribution in [0.3, 0.4) is 0 Å². The lowest BCUT2D eigenvalue weighted by atomic mass is 10.0. The van der Waals surface area contributed by atoms with E-state index in [1.807, 2.05) is 75.5 Å². The molecule has 0 aliphatic carbocycles. The predicted molar refractivity (Wildman–Crippen MR) is 117 cm³/mol. The summed E-state index contributed by atoms with van der Waals surface area (Å²) in [6.07, 6.45) is 2.46. The van der Waals surface area contributed by atoms with Crippen LogP contribution in [0.25, 0.3) is 27.7 Å². The average Bonchev–Trinajstić information content (AvgIpc) is 2.74. The van der Waals surface area contributed by atoms with Gasteiger partial charge in [-0.05, 0) is 49.2 Å². The third kappa shape index (κ3) is 3.29. The van der Waals surface area contributed by atoms with Crippen molar-refractivity contribution in [2.75, 3.05) is 0 Å². The average molecular weight is 385 g/mol. The van der Waals surface area contributed by atoms with Gasteiger partial charge in [-0.1, -0.05) is 37.3 Å². The summed E-state index contributed by atoms with van der Waals surface area (Å²) in [4.78, 5) is 30.6. The second-order valence-electron chi connectivity index (χ2n) is 7.31. The van der Waals surface area contributed by atoms with Gasteiger partial charge in [0, 0.05) is 24.7 Å². The third-order valence-electron chi connectivity index (χ3n) is 5.10. The van der Waals surface area contributed by atoms with Crippen LogP contribution >= 0.6 is 0 Å². The van der Waals surface area contributed by atoms with Gasteiger partial charge in [-0.15, -0.1) is 0 Å². The Morgan fingerprint density at radius 3 is 2.38 bits per heavy atom. The van der Waals surface area contributed by atoms with E-state index in [9.17, 15) is 9.59 Å². The van der Waals surface area contributed by atoms with E-state index in [0.717, 1.165) is 22.6 Å². The Labute approximate surface area is 168 Å². The van der Waals surface area contributed by atoms with Gasteiger partial charge < -0.3 is 4.57 Å². The topological polar surface area (TPSA) is 56.9 Å². The maximum Gasteiger partial charge on any atom is 0.266 e. The molecule has 2 heterocycles. The van der Waals surface area contributed by atoms with Gasteiger partial charge in [0.2, 0.25) is 0 Å². The SMILES string of the molecule is CCc1nc2cccc(-c3ccc(=O)n(C(C)C)c3)c2c(=O)n1-c1ccccc1. The standard InChI is InChI=1S/C24H23N3O2/c1-4-21-25-20-12-8-11-19(17-13-14-22(28)26(15-17)16(2)3)23(20)24(29)27(21)18-9-6-5-7-10-18/h5-16H,4H2,1-3H3. The Morgan fingerprint density at radius 1 is 0.931 bits per heavy atom. The maximum absolute atomic E-state index is 13.6. The van der Waals surface area contributed by atoms with E-state index in [2.05, 4.69) is 0 Å². The summed E-state index contributed by atoms with van der Waals surface area (Å²) < 4.78 is 3.36. The van der Waals surface area contributed by atoms with Crippen LogP contribution in [0.1, 0.15) is 32.6 Å². The van der Waals surface area contributed by atoms with Gasteiger partial charge >= 0.3 is 0 Å². The van der Waals surface area contributed by atoms with E-state index in [1.54, 1.807) is 21.3 Å². The van der Waals surface area contributed by atoms with Crippen molar-refractivity contribution in [3.05, 3.63) is 93.4 Å². The maximum atomic E-state index is 13.6. The number of benzene rings is 2. The Kier molecular flexibility index (Phi) is 4.89. The highest BCUT2D eigenvalue weighted by Crippen LogP contribution is 2.26. The molecule has 5 nitrogen and oxygen atoms in total. The van der Waals surface area contributed by atoms with E-state index >= 15 is 0 Å². The van der Waals surface area contributed by atoms with E-state index in [0.29, 0.717) is 17.3 Å². The Morgan fingerprint density at radius 2 is 1.69 bits per heavy atom. The van der Waals surface area contributed by atoms with Gasteiger partial charge in [0.25, 0.3) is 11.1 Å². The van der Waals surface area contributed by atoms with Crippen LogP contribution in [0.15, 0.2) is 76.4 Å². The zero-order valence-corrected chi connectivity index (χ0v) is 16.8. The van der Waals surface area contributed by atoms with Crippen LogP contribution in [-0.4, -0.2) is 14.1 Å². The van der Waals surface area contributed by atoms with Crippen LogP contribution in [0.2, 0.25) is 0 Å². The monoisotopic (exact) mass is 385 g/mol. The highest BCUT2D eigenvalue weighted by Gasteiger charge is 2.16. The minimum absolute atomic E-state index is 0.0308. The molecule has 0 amide bonds.